The van der Waals surface area contributed by atoms with Crippen LogP contribution in [-0.2, 0) is 6.54 Å². The van der Waals surface area contributed by atoms with Gasteiger partial charge in [-0.15, -0.1) is 0 Å². The van der Waals surface area contributed by atoms with Crippen LogP contribution < -0.4 is 10.1 Å². The molecule has 0 aliphatic heterocycles. The smallest absolute Gasteiger partial charge is 0.143 e. The van der Waals surface area contributed by atoms with Crippen LogP contribution in [0.1, 0.15) is 12.5 Å². The standard InChI is InChI=1S/C12H13Cl4NO/c1-2-17-6-8-3-9(14)4-11(16)12(8)18-7-10(15)5-13/h3-5,17H,2,6-7H2,1H3. The average molecular weight is 329 g/mol. The first-order valence-corrected chi connectivity index (χ1v) is 6.91. The van der Waals surface area contributed by atoms with E-state index in [1.165, 1.54) is 5.54 Å². The Kier molecular flexibility index (Phi) is 7.20. The molecule has 1 aromatic carbocycles. The van der Waals surface area contributed by atoms with E-state index < -0.39 is 0 Å². The van der Waals surface area contributed by atoms with E-state index >= 15 is 0 Å². The second-order valence-corrected chi connectivity index (χ2v) is 5.05. The van der Waals surface area contributed by atoms with E-state index in [9.17, 15) is 0 Å². The largest absolute Gasteiger partial charge is 0.486 e. The van der Waals surface area contributed by atoms with E-state index in [0.29, 0.717) is 27.4 Å². The van der Waals surface area contributed by atoms with Gasteiger partial charge in [0.15, 0.2) is 0 Å². The van der Waals surface area contributed by atoms with Crippen LogP contribution >= 0.6 is 46.4 Å². The van der Waals surface area contributed by atoms with Crippen LogP contribution in [0.2, 0.25) is 10.0 Å². The summed E-state index contributed by atoms with van der Waals surface area (Å²) in [5.41, 5.74) is 2.14. The topological polar surface area (TPSA) is 21.3 Å². The highest BCUT2D eigenvalue weighted by molar-refractivity contribution is 6.37. The van der Waals surface area contributed by atoms with E-state index in [2.05, 4.69) is 5.32 Å². The monoisotopic (exact) mass is 327 g/mol. The van der Waals surface area contributed by atoms with Crippen molar-refractivity contribution in [2.24, 2.45) is 0 Å². The molecule has 0 aliphatic rings. The predicted octanol–water partition coefficient (Wildman–Crippen LogP) is 4.80. The van der Waals surface area contributed by atoms with Gasteiger partial charge in [-0.3, -0.25) is 0 Å². The van der Waals surface area contributed by atoms with Gasteiger partial charge in [-0.1, -0.05) is 53.3 Å². The van der Waals surface area contributed by atoms with Gasteiger partial charge >= 0.3 is 0 Å². The maximum atomic E-state index is 6.11. The van der Waals surface area contributed by atoms with Crippen molar-refractivity contribution in [3.05, 3.63) is 38.3 Å². The Morgan fingerprint density at radius 2 is 2.11 bits per heavy atom. The molecule has 0 unspecified atom stereocenters. The summed E-state index contributed by atoms with van der Waals surface area (Å²) < 4.78 is 5.56. The molecule has 6 heteroatoms. The minimum Gasteiger partial charge on any atom is -0.486 e. The molecule has 0 fully saturated rings. The minimum absolute atomic E-state index is 0.172. The maximum absolute atomic E-state index is 6.11. The Bertz CT molecular complexity index is 434. The van der Waals surface area contributed by atoms with Crippen molar-refractivity contribution in [1.29, 1.82) is 0 Å². The molecular weight excluding hydrogens is 316 g/mol. The van der Waals surface area contributed by atoms with Gasteiger partial charge in [0.25, 0.3) is 0 Å². The molecule has 1 N–H and O–H groups in total. The first-order chi connectivity index (χ1) is 8.58. The van der Waals surface area contributed by atoms with Gasteiger partial charge in [-0.05, 0) is 18.7 Å². The number of hydrogen-bond acceptors (Lipinski definition) is 2. The van der Waals surface area contributed by atoms with Crippen LogP contribution in [-0.4, -0.2) is 13.2 Å². The fourth-order valence-electron chi connectivity index (χ4n) is 1.34. The Hall–Kier alpha value is -0.120. The Balaban J connectivity index is 2.92. The summed E-state index contributed by atoms with van der Waals surface area (Å²) >= 11 is 23.3. The summed E-state index contributed by atoms with van der Waals surface area (Å²) in [6.07, 6.45) is 0. The molecule has 0 aliphatic carbocycles. The molecular formula is C12H13Cl4NO. The first-order valence-electron chi connectivity index (χ1n) is 5.34. The van der Waals surface area contributed by atoms with Gasteiger partial charge in [0.05, 0.1) is 10.1 Å². The molecule has 0 bridgehead atoms. The highest BCUT2D eigenvalue weighted by Crippen LogP contribution is 2.33. The molecule has 0 amide bonds. The Morgan fingerprint density at radius 3 is 2.72 bits per heavy atom. The van der Waals surface area contributed by atoms with Crippen LogP contribution in [0.25, 0.3) is 0 Å². The number of ether oxygens (including phenoxy) is 1. The van der Waals surface area contributed by atoms with Crippen molar-refractivity contribution in [3.8, 4) is 5.75 Å². The summed E-state index contributed by atoms with van der Waals surface area (Å²) in [5, 5.41) is 4.61. The second-order valence-electron chi connectivity index (χ2n) is 3.50. The molecule has 18 heavy (non-hydrogen) atoms. The number of halogens is 4. The van der Waals surface area contributed by atoms with Gasteiger partial charge in [0.2, 0.25) is 0 Å². The summed E-state index contributed by atoms with van der Waals surface area (Å²) in [4.78, 5) is 0. The van der Waals surface area contributed by atoms with Crippen molar-refractivity contribution >= 4 is 46.4 Å². The van der Waals surface area contributed by atoms with Crippen molar-refractivity contribution in [2.45, 2.75) is 13.5 Å². The molecule has 1 aromatic rings. The molecule has 100 valence electrons. The maximum Gasteiger partial charge on any atom is 0.143 e. The molecule has 0 saturated heterocycles. The molecule has 2 nitrogen and oxygen atoms in total. The third kappa shape index (κ3) is 4.87. The third-order valence-electron chi connectivity index (χ3n) is 2.12. The zero-order valence-electron chi connectivity index (χ0n) is 9.77. The predicted molar refractivity (Wildman–Crippen MR) is 79.1 cm³/mol. The fraction of sp³-hybridized carbons (Fsp3) is 0.333. The molecule has 1 rings (SSSR count). The number of benzene rings is 1. The van der Waals surface area contributed by atoms with Crippen molar-refractivity contribution in [3.63, 3.8) is 0 Å². The van der Waals surface area contributed by atoms with Crippen LogP contribution in [0.3, 0.4) is 0 Å². The molecule has 0 heterocycles. The van der Waals surface area contributed by atoms with Gasteiger partial charge in [-0.25, -0.2) is 0 Å². The zero-order chi connectivity index (χ0) is 13.5. The van der Waals surface area contributed by atoms with Gasteiger partial charge in [0, 0.05) is 22.7 Å². The minimum atomic E-state index is 0.172. The lowest BCUT2D eigenvalue weighted by Crippen LogP contribution is -2.13. The highest BCUT2D eigenvalue weighted by Gasteiger charge is 2.11. The average Bonchev–Trinajstić information content (AvgIpc) is 2.34. The summed E-state index contributed by atoms with van der Waals surface area (Å²) in [6, 6.07) is 3.44. The lowest BCUT2D eigenvalue weighted by molar-refractivity contribution is 0.354. The Labute approximate surface area is 127 Å². The quantitative estimate of drug-likeness (QED) is 0.809. The first kappa shape index (κ1) is 15.9. The molecule has 0 spiro atoms. The fourth-order valence-corrected chi connectivity index (χ4v) is 2.05. The van der Waals surface area contributed by atoms with E-state index in [1.54, 1.807) is 6.07 Å². The van der Waals surface area contributed by atoms with Gasteiger partial charge in [0.1, 0.15) is 12.4 Å². The van der Waals surface area contributed by atoms with E-state index in [-0.39, 0.29) is 6.61 Å². The number of rotatable bonds is 6. The number of nitrogens with one attached hydrogen (secondary N) is 1. The van der Waals surface area contributed by atoms with Crippen molar-refractivity contribution < 1.29 is 4.74 Å². The van der Waals surface area contributed by atoms with Crippen LogP contribution in [0.4, 0.5) is 0 Å². The van der Waals surface area contributed by atoms with E-state index in [1.807, 2.05) is 13.0 Å². The van der Waals surface area contributed by atoms with Crippen LogP contribution in [0, 0.1) is 0 Å². The normalized spacial score (nSPS) is 11.7. The van der Waals surface area contributed by atoms with Gasteiger partial charge < -0.3 is 10.1 Å². The summed E-state index contributed by atoms with van der Waals surface area (Å²) in [7, 11) is 0. The molecule has 0 aromatic heterocycles. The van der Waals surface area contributed by atoms with Crippen molar-refractivity contribution in [2.75, 3.05) is 13.2 Å². The molecule has 0 saturated carbocycles. The SMILES string of the molecule is CCNCc1cc(Cl)cc(Cl)c1OCC(Cl)=CCl. The summed E-state index contributed by atoms with van der Waals surface area (Å²) in [6.45, 7) is 3.64. The Morgan fingerprint density at radius 1 is 1.39 bits per heavy atom. The van der Waals surface area contributed by atoms with Crippen LogP contribution in [0.15, 0.2) is 22.7 Å². The van der Waals surface area contributed by atoms with Crippen LogP contribution in [0.5, 0.6) is 5.75 Å². The number of hydrogen-bond donors (Lipinski definition) is 1. The lowest BCUT2D eigenvalue weighted by Gasteiger charge is -2.13. The zero-order valence-corrected chi connectivity index (χ0v) is 12.8. The third-order valence-corrected chi connectivity index (χ3v) is 3.22. The molecule has 0 atom stereocenters. The van der Waals surface area contributed by atoms with E-state index in [4.69, 9.17) is 51.1 Å². The second kappa shape index (κ2) is 8.13. The van der Waals surface area contributed by atoms with E-state index in [0.717, 1.165) is 12.1 Å². The molecule has 0 radical (unpaired) electrons. The van der Waals surface area contributed by atoms with Crippen molar-refractivity contribution in [1.82, 2.24) is 5.32 Å². The lowest BCUT2D eigenvalue weighted by atomic mass is 10.2. The van der Waals surface area contributed by atoms with Gasteiger partial charge in [-0.2, -0.15) is 0 Å². The highest BCUT2D eigenvalue weighted by atomic mass is 35.5. The summed E-state index contributed by atoms with van der Waals surface area (Å²) in [5.74, 6) is 0.568.